The topological polar surface area (TPSA) is 3.24 Å². The summed E-state index contributed by atoms with van der Waals surface area (Å²) >= 11 is 0. The monoisotopic (exact) mass is 625 g/mol. The Morgan fingerprint density at radius 3 is 1.38 bits per heavy atom. The van der Waals surface area contributed by atoms with Gasteiger partial charge in [0.15, 0.2) is 0 Å². The quantitative estimate of drug-likeness (QED) is 0.101. The first-order valence-electron chi connectivity index (χ1n) is 14.1. The van der Waals surface area contributed by atoms with E-state index in [-0.39, 0.29) is 17.1 Å². The third kappa shape index (κ3) is 7.85. The summed E-state index contributed by atoms with van der Waals surface area (Å²) in [4.78, 5) is 2.28. The van der Waals surface area contributed by atoms with Crippen LogP contribution in [0.2, 0.25) is 0 Å². The molecule has 1 nitrogen and oxygen atoms in total. The smallest absolute Gasteiger partial charge is 0 e. The van der Waals surface area contributed by atoms with E-state index in [0.717, 1.165) is 0 Å². The third-order valence-electron chi connectivity index (χ3n) is 7.25. The maximum atomic E-state index is 2.31. The molecule has 0 aliphatic rings. The van der Waals surface area contributed by atoms with E-state index in [9.17, 15) is 0 Å². The first-order chi connectivity index (χ1) is 20.1. The van der Waals surface area contributed by atoms with Gasteiger partial charge in [-0.15, -0.1) is 10.9 Å². The molecule has 0 saturated carbocycles. The largest absolute Gasteiger partial charge is 0.747 e. The number of rotatable bonds is 8. The van der Waals surface area contributed by atoms with Crippen LogP contribution >= 0.6 is 15.8 Å². The number of nitrogens with zero attached hydrogens (tertiary/aromatic N) is 1. The van der Waals surface area contributed by atoms with Crippen LogP contribution in [0.25, 0.3) is 0 Å². The Kier molecular flexibility index (Phi) is 12.1. The van der Waals surface area contributed by atoms with Gasteiger partial charge >= 0.3 is 0 Å². The molecule has 1 atom stereocenters. The fourth-order valence-corrected chi connectivity index (χ4v) is 9.81. The Bertz CT molecular complexity index is 1490. The second kappa shape index (κ2) is 16.0. The second-order valence-corrected chi connectivity index (χ2v) is 14.6. The number of hydrogen-bond donors (Lipinski definition) is 0. The molecule has 0 heterocycles. The van der Waals surface area contributed by atoms with Crippen LogP contribution in [0.15, 0.2) is 164 Å². The van der Waals surface area contributed by atoms with E-state index in [1.54, 1.807) is 0 Å². The van der Waals surface area contributed by atoms with Crippen molar-refractivity contribution in [3.8, 4) is 0 Å². The molecule has 6 aromatic rings. The average molecular weight is 626 g/mol. The molecule has 4 heteroatoms. The molecule has 0 amide bonds. The fraction of sp³-hybridized carbons (Fsp3) is 0.105. The molecule has 0 N–H and O–H groups in total. The summed E-state index contributed by atoms with van der Waals surface area (Å²) in [6.07, 6.45) is 0. The number of hydrogen-bond acceptors (Lipinski definition) is 1. The van der Waals surface area contributed by atoms with Gasteiger partial charge in [0.2, 0.25) is 0 Å². The summed E-state index contributed by atoms with van der Waals surface area (Å²) < 4.78 is 0. The van der Waals surface area contributed by atoms with Gasteiger partial charge in [0.05, 0.1) is 0 Å². The van der Waals surface area contributed by atoms with E-state index < -0.39 is 15.8 Å². The predicted octanol–water partition coefficient (Wildman–Crippen LogP) is 6.95. The van der Waals surface area contributed by atoms with Crippen LogP contribution in [-0.2, 0) is 17.1 Å². The molecule has 218 valence electrons. The summed E-state index contributed by atoms with van der Waals surface area (Å²) in [6, 6.07) is 59.3. The van der Waals surface area contributed by atoms with Crippen molar-refractivity contribution in [3.05, 3.63) is 169 Å². The van der Waals surface area contributed by atoms with Crippen LogP contribution in [0.5, 0.6) is 0 Å². The molecule has 0 radical (unpaired) electrons. The molecule has 0 aromatic heterocycles. The molecular weight excluding hydrogens is 588 g/mol. The van der Waals surface area contributed by atoms with Gasteiger partial charge in [-0.05, 0) is 38.7 Å². The van der Waals surface area contributed by atoms with Crippen LogP contribution in [0.1, 0.15) is 18.5 Å². The van der Waals surface area contributed by atoms with Gasteiger partial charge in [0.25, 0.3) is 0 Å². The maximum Gasteiger partial charge on any atom is 0 e. The van der Waals surface area contributed by atoms with Gasteiger partial charge in [0.1, 0.15) is 0 Å². The van der Waals surface area contributed by atoms with Crippen LogP contribution in [0.4, 0.5) is 0 Å². The van der Waals surface area contributed by atoms with Gasteiger partial charge in [0, 0.05) is 17.1 Å². The van der Waals surface area contributed by atoms with Crippen molar-refractivity contribution in [1.82, 2.24) is 4.90 Å². The van der Waals surface area contributed by atoms with Gasteiger partial charge in [-0.2, -0.15) is 6.07 Å². The number of benzene rings is 4. The Morgan fingerprint density at radius 1 is 0.571 bits per heavy atom. The Morgan fingerprint density at radius 2 is 0.976 bits per heavy atom. The van der Waals surface area contributed by atoms with Gasteiger partial charge in [-0.1, -0.05) is 139 Å². The van der Waals surface area contributed by atoms with E-state index in [1.165, 1.54) is 37.4 Å². The minimum absolute atomic E-state index is 0. The Hall–Kier alpha value is -3.08. The van der Waals surface area contributed by atoms with Crippen LogP contribution in [0, 0.1) is 0 Å². The molecule has 0 aliphatic heterocycles. The zero-order valence-corrected chi connectivity index (χ0v) is 27.3. The second-order valence-electron chi connectivity index (χ2n) is 10.2. The Balaban J connectivity index is 0.000000193. The minimum atomic E-state index is -0.514. The first-order valence-corrected chi connectivity index (χ1v) is 16.8. The molecule has 0 unspecified atom stereocenters. The standard InChI is InChI=1S/C21H23NP.C17H14P.Fe/c1-17(22(2)3)20-15-10-16-21(20)23(18-11-6-4-7-12-18)19-13-8-5-9-14-19;1-3-9-15(10-4-1)18(17-13-7-8-14-17)16-11-5-2-6-12-16;/h4-17H,1-3H3;1-14H;/q-1;-5;/t17-;;/m0../s1. The molecule has 0 bridgehead atoms. The zero-order valence-electron chi connectivity index (χ0n) is 24.4. The first kappa shape index (κ1) is 31.8. The molecule has 0 fully saturated rings. The Labute approximate surface area is 265 Å². The van der Waals surface area contributed by atoms with Crippen molar-refractivity contribution in [1.29, 1.82) is 0 Å². The molecule has 6 aromatic carbocycles. The summed E-state index contributed by atoms with van der Waals surface area (Å²) in [5.74, 6) is 0. The average Bonchev–Trinajstić information content (AvgIpc) is 3.73. The van der Waals surface area contributed by atoms with E-state index in [1.807, 2.05) is 0 Å². The van der Waals surface area contributed by atoms with E-state index in [2.05, 4.69) is 190 Å². The van der Waals surface area contributed by atoms with Gasteiger partial charge in [-0.25, -0.2) is 20.1 Å². The summed E-state index contributed by atoms with van der Waals surface area (Å²) in [5.41, 5.74) is 1.44. The van der Waals surface area contributed by atoms with E-state index >= 15 is 0 Å². The van der Waals surface area contributed by atoms with Crippen LogP contribution in [0.3, 0.4) is 0 Å². The summed E-state index contributed by atoms with van der Waals surface area (Å²) in [5, 5.41) is 8.52. The molecule has 42 heavy (non-hydrogen) atoms. The molecule has 6 rings (SSSR count). The van der Waals surface area contributed by atoms with E-state index in [4.69, 9.17) is 0 Å². The zero-order chi connectivity index (χ0) is 28.4. The molecule has 0 saturated heterocycles. The predicted molar refractivity (Wildman–Crippen MR) is 184 cm³/mol. The third-order valence-corrected chi connectivity index (χ3v) is 12.2. The van der Waals surface area contributed by atoms with Crippen molar-refractivity contribution in [2.75, 3.05) is 14.1 Å². The molecular formula is C38H37FeNP2-6. The van der Waals surface area contributed by atoms with Crippen molar-refractivity contribution in [3.63, 3.8) is 0 Å². The van der Waals surface area contributed by atoms with Gasteiger partial charge < -0.3 is 34.5 Å². The molecule has 0 spiro atoms. The van der Waals surface area contributed by atoms with Crippen molar-refractivity contribution in [2.24, 2.45) is 0 Å². The summed E-state index contributed by atoms with van der Waals surface area (Å²) in [7, 11) is 3.37. The van der Waals surface area contributed by atoms with Crippen LogP contribution in [-0.4, -0.2) is 19.0 Å². The van der Waals surface area contributed by atoms with Crippen molar-refractivity contribution >= 4 is 47.7 Å². The van der Waals surface area contributed by atoms with Crippen LogP contribution < -0.4 is 31.8 Å². The van der Waals surface area contributed by atoms with Crippen molar-refractivity contribution in [2.45, 2.75) is 13.0 Å². The maximum absolute atomic E-state index is 2.31. The van der Waals surface area contributed by atoms with E-state index in [0.29, 0.717) is 6.04 Å². The molecule has 0 aliphatic carbocycles. The van der Waals surface area contributed by atoms with Gasteiger partial charge in [-0.3, -0.25) is 0 Å². The minimum Gasteiger partial charge on any atom is -0.747 e. The summed E-state index contributed by atoms with van der Waals surface area (Å²) in [6.45, 7) is 2.28. The fourth-order valence-electron chi connectivity index (χ4n) is 4.96. The SMILES string of the molecule is C[C@@H]([c-]1cccc1P(c1ccccc1)c1ccccc1)N(C)C.[Fe].c1ccc(P(c2ccccc2)[c-]2[cH-][cH-][cH-][cH-]2)cc1. The normalized spacial score (nSPS) is 11.6. The van der Waals surface area contributed by atoms with Crippen molar-refractivity contribution < 1.29 is 17.1 Å².